The molecule has 0 saturated heterocycles. The highest BCUT2D eigenvalue weighted by Gasteiger charge is 2.23. The molecule has 2 aromatic carbocycles. The maximum absolute atomic E-state index is 12.3. The molecule has 0 aliphatic heterocycles. The van der Waals surface area contributed by atoms with Crippen LogP contribution in [0.5, 0.6) is 5.75 Å². The average Bonchev–Trinajstić information content (AvgIpc) is 3.04. The molecule has 0 bridgehead atoms. The number of carbonyl (C=O) groups is 1. The number of carbonyl (C=O) groups excluding carboxylic acids is 1. The van der Waals surface area contributed by atoms with Crippen molar-refractivity contribution in [2.24, 2.45) is 0 Å². The molecule has 0 spiro atoms. The highest BCUT2D eigenvalue weighted by atomic mass is 16.5. The Balaban J connectivity index is 1.25. The number of fused-ring (bicyclic) bond motifs is 3. The molecule has 2 N–H and O–H groups in total. The van der Waals surface area contributed by atoms with E-state index in [0.717, 1.165) is 37.0 Å². The first-order valence-electron chi connectivity index (χ1n) is 9.77. The van der Waals surface area contributed by atoms with Crippen LogP contribution in [0.2, 0.25) is 0 Å². The molecule has 0 radical (unpaired) electrons. The monoisotopic (exact) mass is 362 g/mol. The first kappa shape index (κ1) is 17.7. The van der Waals surface area contributed by atoms with E-state index >= 15 is 0 Å². The van der Waals surface area contributed by atoms with E-state index in [-0.39, 0.29) is 11.9 Å². The van der Waals surface area contributed by atoms with Gasteiger partial charge in [0.15, 0.2) is 0 Å². The predicted molar refractivity (Wildman–Crippen MR) is 108 cm³/mol. The van der Waals surface area contributed by atoms with Gasteiger partial charge in [0.25, 0.3) is 0 Å². The summed E-state index contributed by atoms with van der Waals surface area (Å²) in [7, 11) is 0. The van der Waals surface area contributed by atoms with Gasteiger partial charge in [-0.2, -0.15) is 0 Å². The van der Waals surface area contributed by atoms with Gasteiger partial charge in [-0.3, -0.25) is 4.79 Å². The predicted octanol–water partition coefficient (Wildman–Crippen LogP) is 4.31. The molecular weight excluding hydrogens is 336 g/mol. The van der Waals surface area contributed by atoms with Crippen LogP contribution in [0.1, 0.15) is 36.1 Å². The van der Waals surface area contributed by atoms with Crippen molar-refractivity contribution in [1.29, 1.82) is 0 Å². The van der Waals surface area contributed by atoms with Gasteiger partial charge < -0.3 is 15.0 Å². The Hall–Kier alpha value is -2.75. The lowest BCUT2D eigenvalue weighted by Gasteiger charge is -2.23. The normalized spacial score (nSPS) is 16.1. The third kappa shape index (κ3) is 4.00. The van der Waals surface area contributed by atoms with Crippen LogP contribution in [0.3, 0.4) is 0 Å². The van der Waals surface area contributed by atoms with Crippen LogP contribution in [0.25, 0.3) is 10.9 Å². The largest absolute Gasteiger partial charge is 0.493 e. The molecule has 1 unspecified atom stereocenters. The first-order valence-corrected chi connectivity index (χ1v) is 9.77. The number of hydrogen-bond donors (Lipinski definition) is 2. The number of rotatable bonds is 6. The minimum absolute atomic E-state index is 0.118. The molecule has 27 heavy (non-hydrogen) atoms. The molecule has 1 aromatic heterocycles. The van der Waals surface area contributed by atoms with Crippen LogP contribution in [-0.2, 0) is 17.6 Å². The lowest BCUT2D eigenvalue weighted by atomic mass is 9.91. The standard InChI is InChI=1S/C23H26N2O2/c1-16-7-2-5-10-22(16)27-14-6-11-23(26)24-17-12-13-19-18-8-3-4-9-20(18)25-21(19)15-17/h2-5,7-10,17,25H,6,11-15H2,1H3,(H,24,26). The van der Waals surface area contributed by atoms with E-state index in [1.807, 2.05) is 31.2 Å². The van der Waals surface area contributed by atoms with E-state index in [1.54, 1.807) is 0 Å². The van der Waals surface area contributed by atoms with Gasteiger partial charge in [-0.05, 0) is 49.4 Å². The number of ether oxygens (including phenoxy) is 1. The summed E-state index contributed by atoms with van der Waals surface area (Å²) in [6.45, 7) is 2.60. The van der Waals surface area contributed by atoms with Crippen molar-refractivity contribution in [1.82, 2.24) is 10.3 Å². The second-order valence-corrected chi connectivity index (χ2v) is 7.35. The maximum Gasteiger partial charge on any atom is 0.220 e. The summed E-state index contributed by atoms with van der Waals surface area (Å²) in [6, 6.07) is 16.6. The maximum atomic E-state index is 12.3. The number of aromatic nitrogens is 1. The molecule has 1 aliphatic carbocycles. The van der Waals surface area contributed by atoms with Gasteiger partial charge in [0.05, 0.1) is 6.61 Å². The molecule has 4 rings (SSSR count). The molecule has 1 amide bonds. The van der Waals surface area contributed by atoms with Crippen LogP contribution < -0.4 is 10.1 Å². The van der Waals surface area contributed by atoms with Gasteiger partial charge in [-0.1, -0.05) is 36.4 Å². The molecule has 1 heterocycles. The third-order valence-corrected chi connectivity index (χ3v) is 5.36. The van der Waals surface area contributed by atoms with E-state index in [0.29, 0.717) is 13.0 Å². The second-order valence-electron chi connectivity index (χ2n) is 7.35. The van der Waals surface area contributed by atoms with Gasteiger partial charge in [0.1, 0.15) is 5.75 Å². The Morgan fingerprint density at radius 1 is 1.19 bits per heavy atom. The average molecular weight is 362 g/mol. The fraction of sp³-hybridized carbons (Fsp3) is 0.348. The molecule has 4 nitrogen and oxygen atoms in total. The van der Waals surface area contributed by atoms with Crippen LogP contribution in [0.4, 0.5) is 0 Å². The zero-order chi connectivity index (χ0) is 18.6. The number of nitrogens with one attached hydrogen (secondary N) is 2. The molecular formula is C23H26N2O2. The molecule has 0 fully saturated rings. The lowest BCUT2D eigenvalue weighted by Crippen LogP contribution is -2.38. The summed E-state index contributed by atoms with van der Waals surface area (Å²) in [5.41, 5.74) is 5.01. The van der Waals surface area contributed by atoms with Crippen molar-refractivity contribution in [2.45, 2.75) is 45.1 Å². The smallest absolute Gasteiger partial charge is 0.220 e. The Bertz CT molecular complexity index is 944. The van der Waals surface area contributed by atoms with E-state index in [1.165, 1.54) is 22.2 Å². The molecule has 140 valence electrons. The van der Waals surface area contributed by atoms with Crippen molar-refractivity contribution >= 4 is 16.8 Å². The topological polar surface area (TPSA) is 54.1 Å². The lowest BCUT2D eigenvalue weighted by molar-refractivity contribution is -0.122. The van der Waals surface area contributed by atoms with Gasteiger partial charge in [0, 0.05) is 35.5 Å². The summed E-state index contributed by atoms with van der Waals surface area (Å²) in [5.74, 6) is 1.02. The van der Waals surface area contributed by atoms with Gasteiger partial charge in [-0.15, -0.1) is 0 Å². The highest BCUT2D eigenvalue weighted by Crippen LogP contribution is 2.29. The Kier molecular flexibility index (Phi) is 5.14. The van der Waals surface area contributed by atoms with Crippen LogP contribution in [-0.4, -0.2) is 23.5 Å². The fourth-order valence-electron chi connectivity index (χ4n) is 3.94. The van der Waals surface area contributed by atoms with Crippen LogP contribution in [0, 0.1) is 6.92 Å². The van der Waals surface area contributed by atoms with Crippen molar-refractivity contribution < 1.29 is 9.53 Å². The second kappa shape index (κ2) is 7.87. The number of hydrogen-bond acceptors (Lipinski definition) is 2. The molecule has 1 atom stereocenters. The summed E-state index contributed by atoms with van der Waals surface area (Å²) in [4.78, 5) is 15.8. The van der Waals surface area contributed by atoms with Crippen LogP contribution >= 0.6 is 0 Å². The highest BCUT2D eigenvalue weighted by molar-refractivity contribution is 5.85. The molecule has 4 heteroatoms. The minimum atomic E-state index is 0.118. The van der Waals surface area contributed by atoms with E-state index in [2.05, 4.69) is 34.6 Å². The fourth-order valence-corrected chi connectivity index (χ4v) is 3.94. The van der Waals surface area contributed by atoms with Crippen molar-refractivity contribution in [2.75, 3.05) is 6.61 Å². The SMILES string of the molecule is Cc1ccccc1OCCCC(=O)NC1CCc2c([nH]c3ccccc23)C1. The molecule has 0 saturated carbocycles. The summed E-state index contributed by atoms with van der Waals surface area (Å²) < 4.78 is 5.77. The minimum Gasteiger partial charge on any atom is -0.493 e. The zero-order valence-corrected chi connectivity index (χ0v) is 15.8. The number of aryl methyl sites for hydroxylation is 2. The Morgan fingerprint density at radius 3 is 2.89 bits per heavy atom. The zero-order valence-electron chi connectivity index (χ0n) is 15.8. The van der Waals surface area contributed by atoms with E-state index in [9.17, 15) is 4.79 Å². The van der Waals surface area contributed by atoms with Crippen molar-refractivity contribution in [3.8, 4) is 5.75 Å². The van der Waals surface area contributed by atoms with Gasteiger partial charge in [0.2, 0.25) is 5.91 Å². The summed E-state index contributed by atoms with van der Waals surface area (Å²) in [5, 5.41) is 4.52. The number of amides is 1. The number of para-hydroxylation sites is 2. The van der Waals surface area contributed by atoms with Crippen molar-refractivity contribution in [3.63, 3.8) is 0 Å². The first-order chi connectivity index (χ1) is 13.2. The van der Waals surface area contributed by atoms with Crippen LogP contribution in [0.15, 0.2) is 48.5 Å². The van der Waals surface area contributed by atoms with E-state index in [4.69, 9.17) is 4.74 Å². The number of H-pyrrole nitrogens is 1. The summed E-state index contributed by atoms with van der Waals surface area (Å²) in [6.07, 6.45) is 4.13. The van der Waals surface area contributed by atoms with Gasteiger partial charge >= 0.3 is 0 Å². The van der Waals surface area contributed by atoms with Crippen molar-refractivity contribution in [3.05, 3.63) is 65.4 Å². The summed E-state index contributed by atoms with van der Waals surface area (Å²) >= 11 is 0. The number of benzene rings is 2. The number of aromatic amines is 1. The quantitative estimate of drug-likeness (QED) is 0.642. The third-order valence-electron chi connectivity index (χ3n) is 5.36. The molecule has 1 aliphatic rings. The molecule has 3 aromatic rings. The van der Waals surface area contributed by atoms with Gasteiger partial charge in [-0.25, -0.2) is 0 Å². The van der Waals surface area contributed by atoms with E-state index < -0.39 is 0 Å². The Morgan fingerprint density at radius 2 is 2.00 bits per heavy atom. The Labute approximate surface area is 159 Å².